The van der Waals surface area contributed by atoms with Gasteiger partial charge in [0.15, 0.2) is 5.13 Å². The highest BCUT2D eigenvalue weighted by atomic mass is 35.5. The second-order valence-corrected chi connectivity index (χ2v) is 6.43. The van der Waals surface area contributed by atoms with Crippen LogP contribution in [0.2, 0.25) is 5.02 Å². The van der Waals surface area contributed by atoms with Gasteiger partial charge in [0, 0.05) is 17.6 Å². The molecule has 0 saturated heterocycles. The fourth-order valence-corrected chi connectivity index (χ4v) is 3.16. The van der Waals surface area contributed by atoms with Crippen LogP contribution in [-0.4, -0.2) is 16.8 Å². The first-order chi connectivity index (χ1) is 11.4. The Morgan fingerprint density at radius 2 is 1.96 bits per heavy atom. The molecule has 1 heterocycles. The van der Waals surface area contributed by atoms with Gasteiger partial charge in [0.05, 0.1) is 15.8 Å². The molecule has 8 heteroatoms. The zero-order valence-corrected chi connectivity index (χ0v) is 14.0. The van der Waals surface area contributed by atoms with Crippen LogP contribution in [0.5, 0.6) is 0 Å². The smallest absolute Gasteiger partial charge is 0.260 e. The summed E-state index contributed by atoms with van der Waals surface area (Å²) in [4.78, 5) is 27.5. The predicted octanol–water partition coefficient (Wildman–Crippen LogP) is 4.30. The van der Waals surface area contributed by atoms with E-state index in [9.17, 15) is 14.0 Å². The van der Waals surface area contributed by atoms with Gasteiger partial charge in [-0.15, -0.1) is 0 Å². The summed E-state index contributed by atoms with van der Waals surface area (Å²) in [6.07, 6.45) is 0. The zero-order chi connectivity index (χ0) is 17.3. The normalized spacial score (nSPS) is 10.6. The van der Waals surface area contributed by atoms with Gasteiger partial charge in [0.25, 0.3) is 5.91 Å². The van der Waals surface area contributed by atoms with E-state index in [0.29, 0.717) is 16.3 Å². The van der Waals surface area contributed by atoms with Crippen LogP contribution in [0.25, 0.3) is 10.2 Å². The molecule has 0 aliphatic carbocycles. The SMILES string of the molecule is CC(=O)Nc1ccc2nc(NC(=O)c3ccc(Cl)cc3F)sc2c1. The fraction of sp³-hybridized carbons (Fsp3) is 0.0625. The Morgan fingerprint density at radius 3 is 2.67 bits per heavy atom. The van der Waals surface area contributed by atoms with E-state index in [1.54, 1.807) is 18.2 Å². The van der Waals surface area contributed by atoms with Gasteiger partial charge in [0.2, 0.25) is 5.91 Å². The largest absolute Gasteiger partial charge is 0.326 e. The molecule has 0 spiro atoms. The summed E-state index contributed by atoms with van der Waals surface area (Å²) >= 11 is 6.90. The number of halogens is 2. The zero-order valence-electron chi connectivity index (χ0n) is 12.4. The van der Waals surface area contributed by atoms with Crippen molar-refractivity contribution in [1.29, 1.82) is 0 Å². The maximum Gasteiger partial charge on any atom is 0.260 e. The minimum Gasteiger partial charge on any atom is -0.326 e. The second-order valence-electron chi connectivity index (χ2n) is 4.96. The summed E-state index contributed by atoms with van der Waals surface area (Å²) in [5, 5.41) is 5.80. The van der Waals surface area contributed by atoms with E-state index in [-0.39, 0.29) is 16.5 Å². The third kappa shape index (κ3) is 3.52. The Bertz CT molecular complexity index is 958. The van der Waals surface area contributed by atoms with Crippen LogP contribution in [-0.2, 0) is 4.79 Å². The third-order valence-corrected chi connectivity index (χ3v) is 4.27. The van der Waals surface area contributed by atoms with Crippen LogP contribution in [0.3, 0.4) is 0 Å². The molecule has 0 aliphatic rings. The summed E-state index contributed by atoms with van der Waals surface area (Å²) in [7, 11) is 0. The van der Waals surface area contributed by atoms with Crippen molar-refractivity contribution in [3.8, 4) is 0 Å². The summed E-state index contributed by atoms with van der Waals surface area (Å²) in [5.41, 5.74) is 1.19. The van der Waals surface area contributed by atoms with Crippen LogP contribution >= 0.6 is 22.9 Å². The molecule has 3 aromatic rings. The van der Waals surface area contributed by atoms with Gasteiger partial charge in [-0.25, -0.2) is 9.37 Å². The summed E-state index contributed by atoms with van der Waals surface area (Å²) < 4.78 is 14.6. The molecule has 3 rings (SSSR count). The number of hydrogen-bond donors (Lipinski definition) is 2. The van der Waals surface area contributed by atoms with Gasteiger partial charge in [-0.05, 0) is 36.4 Å². The topological polar surface area (TPSA) is 71.1 Å². The number of aromatic nitrogens is 1. The van der Waals surface area contributed by atoms with Crippen molar-refractivity contribution >= 4 is 55.8 Å². The average Bonchev–Trinajstić information content (AvgIpc) is 2.87. The van der Waals surface area contributed by atoms with Crippen LogP contribution in [0.15, 0.2) is 36.4 Å². The number of nitrogens with zero attached hydrogens (tertiary/aromatic N) is 1. The molecule has 0 bridgehead atoms. The molecule has 0 radical (unpaired) electrons. The number of carbonyl (C=O) groups excluding carboxylic acids is 2. The van der Waals surface area contributed by atoms with Gasteiger partial charge in [-0.1, -0.05) is 22.9 Å². The Hall–Kier alpha value is -2.51. The number of rotatable bonds is 3. The Kier molecular flexibility index (Phi) is 4.46. The van der Waals surface area contributed by atoms with Crippen molar-refractivity contribution in [2.24, 2.45) is 0 Å². The van der Waals surface area contributed by atoms with Gasteiger partial charge in [0.1, 0.15) is 5.82 Å². The molecular formula is C16H11ClFN3O2S. The van der Waals surface area contributed by atoms with Crippen LogP contribution in [0.1, 0.15) is 17.3 Å². The van der Waals surface area contributed by atoms with Crippen molar-refractivity contribution in [2.75, 3.05) is 10.6 Å². The summed E-state index contributed by atoms with van der Waals surface area (Å²) in [6.45, 7) is 1.42. The van der Waals surface area contributed by atoms with Gasteiger partial charge in [-0.3, -0.25) is 14.9 Å². The Labute approximate surface area is 145 Å². The van der Waals surface area contributed by atoms with Crippen LogP contribution in [0.4, 0.5) is 15.2 Å². The number of nitrogens with one attached hydrogen (secondary N) is 2. The number of anilines is 2. The molecule has 2 aromatic carbocycles. The van der Waals surface area contributed by atoms with Crippen molar-refractivity contribution in [2.45, 2.75) is 6.92 Å². The molecule has 5 nitrogen and oxygen atoms in total. The first-order valence-corrected chi connectivity index (χ1v) is 8.06. The van der Waals surface area contributed by atoms with Crippen LogP contribution < -0.4 is 10.6 Å². The molecule has 2 amide bonds. The second kappa shape index (κ2) is 6.54. The van der Waals surface area contributed by atoms with E-state index in [1.165, 1.54) is 30.4 Å². The summed E-state index contributed by atoms with van der Waals surface area (Å²) in [5.74, 6) is -1.48. The molecule has 0 saturated carbocycles. The third-order valence-electron chi connectivity index (χ3n) is 3.11. The maximum absolute atomic E-state index is 13.8. The van der Waals surface area contributed by atoms with Crippen molar-refractivity contribution < 1.29 is 14.0 Å². The average molecular weight is 364 g/mol. The van der Waals surface area contributed by atoms with Gasteiger partial charge < -0.3 is 5.32 Å². The standard InChI is InChI=1S/C16H11ClFN3O2S/c1-8(22)19-10-3-5-13-14(7-10)24-16(20-13)21-15(23)11-4-2-9(17)6-12(11)18/h2-7H,1H3,(H,19,22)(H,20,21,23). The molecule has 0 fully saturated rings. The van der Waals surface area contributed by atoms with E-state index in [0.717, 1.165) is 10.8 Å². The number of amides is 2. The van der Waals surface area contributed by atoms with Crippen LogP contribution in [0, 0.1) is 5.82 Å². The van der Waals surface area contributed by atoms with E-state index in [2.05, 4.69) is 15.6 Å². The van der Waals surface area contributed by atoms with Crippen molar-refractivity contribution in [1.82, 2.24) is 4.98 Å². The Morgan fingerprint density at radius 1 is 1.17 bits per heavy atom. The number of carbonyl (C=O) groups is 2. The number of hydrogen-bond acceptors (Lipinski definition) is 4. The lowest BCUT2D eigenvalue weighted by Crippen LogP contribution is -2.13. The van der Waals surface area contributed by atoms with Gasteiger partial charge in [-0.2, -0.15) is 0 Å². The maximum atomic E-state index is 13.8. The minimum absolute atomic E-state index is 0.113. The predicted molar refractivity (Wildman–Crippen MR) is 93.3 cm³/mol. The number of fused-ring (bicyclic) bond motifs is 1. The number of benzene rings is 2. The van der Waals surface area contributed by atoms with Gasteiger partial charge >= 0.3 is 0 Å². The molecular weight excluding hydrogens is 353 g/mol. The van der Waals surface area contributed by atoms with Crippen molar-refractivity contribution in [3.63, 3.8) is 0 Å². The highest BCUT2D eigenvalue weighted by Crippen LogP contribution is 2.29. The minimum atomic E-state index is -0.700. The van der Waals surface area contributed by atoms with E-state index in [4.69, 9.17) is 11.6 Å². The van der Waals surface area contributed by atoms with E-state index in [1.807, 2.05) is 0 Å². The molecule has 0 atom stereocenters. The molecule has 0 unspecified atom stereocenters. The molecule has 1 aromatic heterocycles. The van der Waals surface area contributed by atoms with Crippen molar-refractivity contribution in [3.05, 3.63) is 52.8 Å². The molecule has 2 N–H and O–H groups in total. The van der Waals surface area contributed by atoms with E-state index >= 15 is 0 Å². The molecule has 122 valence electrons. The number of thiazole rings is 1. The monoisotopic (exact) mass is 363 g/mol. The molecule has 0 aliphatic heterocycles. The lowest BCUT2D eigenvalue weighted by molar-refractivity contribution is -0.114. The lowest BCUT2D eigenvalue weighted by atomic mass is 10.2. The molecule has 24 heavy (non-hydrogen) atoms. The first kappa shape index (κ1) is 16.4. The quantitative estimate of drug-likeness (QED) is 0.728. The first-order valence-electron chi connectivity index (χ1n) is 6.87. The fourth-order valence-electron chi connectivity index (χ4n) is 2.10. The Balaban J connectivity index is 1.84. The lowest BCUT2D eigenvalue weighted by Gasteiger charge is -2.03. The highest BCUT2D eigenvalue weighted by molar-refractivity contribution is 7.22. The highest BCUT2D eigenvalue weighted by Gasteiger charge is 2.14. The van der Waals surface area contributed by atoms with E-state index < -0.39 is 11.7 Å². The summed E-state index contributed by atoms with van der Waals surface area (Å²) in [6, 6.07) is 9.04.